The quantitative estimate of drug-likeness (QED) is 0.390. The van der Waals surface area contributed by atoms with Crippen LogP contribution in [0.15, 0.2) is 47.9 Å². The summed E-state index contributed by atoms with van der Waals surface area (Å²) >= 11 is 0. The summed E-state index contributed by atoms with van der Waals surface area (Å²) < 4.78 is 10.5. The summed E-state index contributed by atoms with van der Waals surface area (Å²) in [6.07, 6.45) is 0. The third-order valence-electron chi connectivity index (χ3n) is 5.02. The van der Waals surface area contributed by atoms with E-state index >= 15 is 0 Å². The molecule has 1 atom stereocenters. The van der Waals surface area contributed by atoms with Gasteiger partial charge in [-0.1, -0.05) is 0 Å². The molecule has 0 saturated carbocycles. The third-order valence-corrected chi connectivity index (χ3v) is 5.02. The lowest BCUT2D eigenvalue weighted by Gasteiger charge is -2.18. The molecule has 0 saturated heterocycles. The normalized spacial score (nSPS) is 19.0. The van der Waals surface area contributed by atoms with E-state index in [0.717, 1.165) is 6.07 Å². The Labute approximate surface area is 174 Å². The molecule has 1 amide bonds. The van der Waals surface area contributed by atoms with E-state index in [2.05, 4.69) is 21.5 Å². The number of nitro groups is 2. The molecule has 0 radical (unpaired) electrons. The van der Waals surface area contributed by atoms with Gasteiger partial charge in [-0.15, -0.1) is 0 Å². The van der Waals surface area contributed by atoms with Gasteiger partial charge in [-0.2, -0.15) is 0 Å². The van der Waals surface area contributed by atoms with E-state index in [0.29, 0.717) is 17.2 Å². The van der Waals surface area contributed by atoms with E-state index in [9.17, 15) is 25.0 Å². The fourth-order valence-electron chi connectivity index (χ4n) is 3.59. The molecule has 13 nitrogen and oxygen atoms in total. The fraction of sp³-hybridized carbons (Fsp3) is 0.167. The van der Waals surface area contributed by atoms with E-state index < -0.39 is 27.0 Å². The van der Waals surface area contributed by atoms with Gasteiger partial charge in [0.05, 0.1) is 29.8 Å². The Hall–Kier alpha value is -4.39. The fourth-order valence-corrected chi connectivity index (χ4v) is 3.59. The number of benzene rings is 2. The van der Waals surface area contributed by atoms with Gasteiger partial charge in [0.2, 0.25) is 5.54 Å². The summed E-state index contributed by atoms with van der Waals surface area (Å²) in [6.45, 7) is 0. The third kappa shape index (κ3) is 2.95. The number of hydrogen-bond donors (Lipinski definition) is 4. The monoisotopic (exact) mass is 428 g/mol. The van der Waals surface area contributed by atoms with Crippen molar-refractivity contribution >= 4 is 23.0 Å². The highest BCUT2D eigenvalue weighted by Gasteiger charge is 2.61. The second-order valence-corrected chi connectivity index (χ2v) is 6.61. The smallest absolute Gasteiger partial charge is 0.323 e. The van der Waals surface area contributed by atoms with Crippen molar-refractivity contribution in [3.05, 3.63) is 73.7 Å². The lowest BCUT2D eigenvalue weighted by Crippen LogP contribution is -2.50. The van der Waals surface area contributed by atoms with Gasteiger partial charge in [0.1, 0.15) is 11.5 Å². The molecule has 0 aromatic heterocycles. The highest BCUT2D eigenvalue weighted by Crippen LogP contribution is 2.45. The Kier molecular flexibility index (Phi) is 4.58. The molecule has 1 unspecified atom stereocenters. The molecule has 2 aliphatic rings. The van der Waals surface area contributed by atoms with E-state index in [4.69, 9.17) is 9.47 Å². The number of anilines is 2. The number of nitrogens with zero attached hydrogens (tertiary/aromatic N) is 2. The molecule has 2 aliphatic heterocycles. The van der Waals surface area contributed by atoms with Gasteiger partial charge in [-0.3, -0.25) is 30.4 Å². The molecule has 4 rings (SSSR count). The topological polar surface area (TPSA) is 170 Å². The van der Waals surface area contributed by atoms with Gasteiger partial charge in [-0.05, 0) is 18.2 Å². The summed E-state index contributed by atoms with van der Waals surface area (Å²) in [7, 11) is 2.89. The molecule has 1 spiro atoms. The molecule has 0 bridgehead atoms. The predicted molar refractivity (Wildman–Crippen MR) is 107 cm³/mol. The zero-order chi connectivity index (χ0) is 22.3. The first-order valence-corrected chi connectivity index (χ1v) is 8.83. The molecule has 2 aromatic carbocycles. The van der Waals surface area contributed by atoms with E-state index in [1.165, 1.54) is 26.4 Å². The Morgan fingerprint density at radius 3 is 2.45 bits per heavy atom. The second-order valence-electron chi connectivity index (χ2n) is 6.61. The average molecular weight is 428 g/mol. The minimum atomic E-state index is -1.99. The first kappa shape index (κ1) is 19.9. The zero-order valence-corrected chi connectivity index (χ0v) is 16.2. The van der Waals surface area contributed by atoms with Crippen LogP contribution in [0, 0.1) is 20.2 Å². The summed E-state index contributed by atoms with van der Waals surface area (Å²) in [5.74, 6) is -0.0554. The van der Waals surface area contributed by atoms with Crippen LogP contribution in [0.3, 0.4) is 0 Å². The number of hydrogen-bond acceptors (Lipinski definition) is 10. The minimum absolute atomic E-state index is 0.0558. The number of ether oxygens (including phenoxy) is 2. The van der Waals surface area contributed by atoms with Gasteiger partial charge in [0.15, 0.2) is 5.82 Å². The lowest BCUT2D eigenvalue weighted by atomic mass is 9.89. The number of hydrazine groups is 1. The van der Waals surface area contributed by atoms with Gasteiger partial charge < -0.3 is 20.1 Å². The van der Waals surface area contributed by atoms with Gasteiger partial charge in [-0.25, -0.2) is 5.43 Å². The van der Waals surface area contributed by atoms with Crippen molar-refractivity contribution in [1.29, 1.82) is 0 Å². The van der Waals surface area contributed by atoms with Gasteiger partial charge in [0.25, 0.3) is 11.6 Å². The van der Waals surface area contributed by atoms with Crippen LogP contribution in [0.4, 0.5) is 17.1 Å². The van der Waals surface area contributed by atoms with E-state index in [1.807, 2.05) is 0 Å². The van der Waals surface area contributed by atoms with Crippen LogP contribution in [0.1, 0.15) is 5.56 Å². The Bertz CT molecular complexity index is 1160. The molecular weight excluding hydrogens is 412 g/mol. The predicted octanol–water partition coefficient (Wildman–Crippen LogP) is 1.43. The Balaban J connectivity index is 1.87. The average Bonchev–Trinajstić information content (AvgIpc) is 3.26. The number of non-ortho nitro benzene ring substituents is 1. The van der Waals surface area contributed by atoms with Crippen LogP contribution >= 0.6 is 0 Å². The van der Waals surface area contributed by atoms with Crippen molar-refractivity contribution in [2.24, 2.45) is 0 Å². The summed E-state index contributed by atoms with van der Waals surface area (Å²) in [4.78, 5) is 34.8. The molecule has 31 heavy (non-hydrogen) atoms. The summed E-state index contributed by atoms with van der Waals surface area (Å²) in [6, 6.07) is 8.47. The maximum atomic E-state index is 12.9. The highest BCUT2D eigenvalue weighted by molar-refractivity contribution is 6.08. The first-order chi connectivity index (χ1) is 14.8. The second kappa shape index (κ2) is 7.14. The van der Waals surface area contributed by atoms with Crippen molar-refractivity contribution in [2.75, 3.05) is 24.9 Å². The number of amides is 1. The first-order valence-electron chi connectivity index (χ1n) is 8.83. The van der Waals surface area contributed by atoms with Crippen LogP contribution in [-0.2, 0) is 10.3 Å². The van der Waals surface area contributed by atoms with Crippen LogP contribution < -0.4 is 31.0 Å². The molecule has 2 aromatic rings. The number of carbonyl (C=O) groups is 1. The number of rotatable bonds is 6. The SMILES string of the molecule is COc1ccc(OC)c(NC2=C([N+](=O)[O-])C3(NN2)C(=O)Nc2ccc([N+](=O)[O-])cc23)c1. The zero-order valence-electron chi connectivity index (χ0n) is 16.2. The Morgan fingerprint density at radius 1 is 1.03 bits per heavy atom. The largest absolute Gasteiger partial charge is 0.497 e. The van der Waals surface area contributed by atoms with Crippen LogP contribution in [0.2, 0.25) is 0 Å². The van der Waals surface area contributed by atoms with Crippen LogP contribution in [0.5, 0.6) is 11.5 Å². The number of fused-ring (bicyclic) bond motifs is 2. The van der Waals surface area contributed by atoms with Crippen molar-refractivity contribution in [1.82, 2.24) is 10.9 Å². The minimum Gasteiger partial charge on any atom is -0.497 e. The van der Waals surface area contributed by atoms with Crippen LogP contribution in [0.25, 0.3) is 0 Å². The van der Waals surface area contributed by atoms with Gasteiger partial charge >= 0.3 is 5.70 Å². The van der Waals surface area contributed by atoms with E-state index in [1.54, 1.807) is 18.2 Å². The van der Waals surface area contributed by atoms with E-state index in [-0.39, 0.29) is 22.8 Å². The maximum absolute atomic E-state index is 12.9. The molecule has 0 fully saturated rings. The van der Waals surface area contributed by atoms with Crippen molar-refractivity contribution in [3.63, 3.8) is 0 Å². The number of nitro benzene ring substituents is 1. The summed E-state index contributed by atoms with van der Waals surface area (Å²) in [5.41, 5.74) is 3.02. The molecule has 160 valence electrons. The maximum Gasteiger partial charge on any atom is 0.323 e. The standard InChI is InChI=1S/C18H16N6O7/c1-30-10-4-6-14(31-2)13(8-10)19-16-15(24(28)29)18(22-21-16)11-7-9(23(26)27)3-5-12(11)20-17(18)25/h3-8,19,21-22H,1-2H3,(H,20,25). The number of carbonyl (C=O) groups excluding carboxylic acids is 1. The van der Waals surface area contributed by atoms with Crippen molar-refractivity contribution in [3.8, 4) is 11.5 Å². The molecule has 13 heteroatoms. The van der Waals surface area contributed by atoms with Crippen molar-refractivity contribution in [2.45, 2.75) is 5.54 Å². The molecule has 2 heterocycles. The highest BCUT2D eigenvalue weighted by atomic mass is 16.6. The van der Waals surface area contributed by atoms with Gasteiger partial charge in [0, 0.05) is 29.4 Å². The number of nitrogens with one attached hydrogen (secondary N) is 4. The Morgan fingerprint density at radius 2 is 1.81 bits per heavy atom. The summed E-state index contributed by atoms with van der Waals surface area (Å²) in [5, 5.41) is 28.7. The molecule has 4 N–H and O–H groups in total. The lowest BCUT2D eigenvalue weighted by molar-refractivity contribution is -0.434. The molecular formula is C18H16N6O7. The number of methoxy groups -OCH3 is 2. The van der Waals surface area contributed by atoms with Crippen LogP contribution in [-0.4, -0.2) is 30.0 Å². The molecule has 0 aliphatic carbocycles. The van der Waals surface area contributed by atoms with Crippen molar-refractivity contribution < 1.29 is 24.1 Å².